The number of ether oxygens (including phenoxy) is 1. The molecule has 0 aromatic carbocycles. The van der Waals surface area contributed by atoms with Crippen LogP contribution in [-0.4, -0.2) is 41.9 Å². The second-order valence-electron chi connectivity index (χ2n) is 10.5. The Hall–Kier alpha value is -0.450. The summed E-state index contributed by atoms with van der Waals surface area (Å²) in [7, 11) is 0. The molecular weight excluding hydrogens is 340 g/mol. The van der Waals surface area contributed by atoms with Crippen molar-refractivity contribution in [2.24, 2.45) is 40.4 Å². The molecule has 154 valence electrons. The summed E-state index contributed by atoms with van der Waals surface area (Å²) < 4.78 is 6.03. The van der Waals surface area contributed by atoms with Gasteiger partial charge < -0.3 is 19.7 Å². The molecule has 9 atom stereocenters. The number of carbonyl (C=O) groups is 1. The topological polar surface area (TPSA) is 66.8 Å². The third kappa shape index (κ3) is 3.11. The van der Waals surface area contributed by atoms with Crippen molar-refractivity contribution in [3.63, 3.8) is 0 Å². The zero-order chi connectivity index (χ0) is 19.2. The SMILES string of the molecule is C[C@]12CC(C=O)C(OCCCO)CC1CC[C@@H]1[C@H]2CC[C@]2(C)C(O)CC[C@@H]12. The number of aliphatic hydroxyl groups is 2. The lowest BCUT2D eigenvalue weighted by Gasteiger charge is -2.61. The number of rotatable bonds is 5. The third-order valence-electron chi connectivity index (χ3n) is 9.49. The van der Waals surface area contributed by atoms with E-state index in [1.165, 1.54) is 25.7 Å². The van der Waals surface area contributed by atoms with E-state index in [1.54, 1.807) is 0 Å². The maximum Gasteiger partial charge on any atom is 0.125 e. The monoisotopic (exact) mass is 378 g/mol. The number of hydrogen-bond donors (Lipinski definition) is 2. The highest BCUT2D eigenvalue weighted by atomic mass is 16.5. The molecule has 0 heterocycles. The van der Waals surface area contributed by atoms with Crippen molar-refractivity contribution >= 4 is 6.29 Å². The predicted octanol–water partition coefficient (Wildman–Crippen LogP) is 3.58. The van der Waals surface area contributed by atoms with Crippen LogP contribution in [0.3, 0.4) is 0 Å². The predicted molar refractivity (Wildman–Crippen MR) is 104 cm³/mol. The Kier molecular flexibility index (Phi) is 5.46. The minimum Gasteiger partial charge on any atom is -0.396 e. The second-order valence-corrected chi connectivity index (χ2v) is 10.5. The lowest BCUT2D eigenvalue weighted by atomic mass is 9.44. The highest BCUT2D eigenvalue weighted by molar-refractivity contribution is 5.55. The highest BCUT2D eigenvalue weighted by Crippen LogP contribution is 2.66. The average Bonchev–Trinajstić information content (AvgIpc) is 2.96. The molecule has 0 bridgehead atoms. The molecule has 0 aliphatic heterocycles. The zero-order valence-electron chi connectivity index (χ0n) is 17.1. The Morgan fingerprint density at radius 2 is 1.85 bits per heavy atom. The molecule has 0 saturated heterocycles. The Labute approximate surface area is 164 Å². The van der Waals surface area contributed by atoms with Gasteiger partial charge in [0.1, 0.15) is 6.29 Å². The Balaban J connectivity index is 1.52. The molecule has 4 heteroatoms. The van der Waals surface area contributed by atoms with Gasteiger partial charge in [-0.05, 0) is 92.3 Å². The van der Waals surface area contributed by atoms with Gasteiger partial charge in [-0.25, -0.2) is 0 Å². The van der Waals surface area contributed by atoms with E-state index in [1.807, 2.05) is 0 Å². The van der Waals surface area contributed by atoms with E-state index in [0.717, 1.165) is 37.9 Å². The van der Waals surface area contributed by atoms with Crippen molar-refractivity contribution in [3.8, 4) is 0 Å². The van der Waals surface area contributed by atoms with Crippen molar-refractivity contribution in [3.05, 3.63) is 0 Å². The van der Waals surface area contributed by atoms with Gasteiger partial charge in [-0.1, -0.05) is 13.8 Å². The normalized spacial score (nSPS) is 51.9. The van der Waals surface area contributed by atoms with Crippen LogP contribution in [0.5, 0.6) is 0 Å². The zero-order valence-corrected chi connectivity index (χ0v) is 17.1. The van der Waals surface area contributed by atoms with E-state index in [2.05, 4.69) is 13.8 Å². The van der Waals surface area contributed by atoms with Gasteiger partial charge in [0, 0.05) is 19.1 Å². The van der Waals surface area contributed by atoms with Gasteiger partial charge in [-0.2, -0.15) is 0 Å². The van der Waals surface area contributed by atoms with Gasteiger partial charge in [0.15, 0.2) is 0 Å². The first-order valence-corrected chi connectivity index (χ1v) is 11.3. The van der Waals surface area contributed by atoms with Gasteiger partial charge in [0.25, 0.3) is 0 Å². The fourth-order valence-electron chi connectivity index (χ4n) is 7.93. The Morgan fingerprint density at radius 3 is 2.59 bits per heavy atom. The molecule has 2 N–H and O–H groups in total. The summed E-state index contributed by atoms with van der Waals surface area (Å²) in [4.78, 5) is 11.9. The standard InChI is InChI=1S/C23H38O4/c1-22-9-8-19-17(18(22)6-7-21(22)26)5-4-16-12-20(27-11-3-10-24)15(14-25)13-23(16,19)2/h14-21,24,26H,3-13H2,1-2H3/t15?,16?,17-,18-,19+,20?,21?,22-,23-/m0/s1. The van der Waals surface area contributed by atoms with Crippen LogP contribution in [0.2, 0.25) is 0 Å². The summed E-state index contributed by atoms with van der Waals surface area (Å²) in [6.07, 6.45) is 10.7. The first-order valence-electron chi connectivity index (χ1n) is 11.3. The molecule has 0 aromatic heterocycles. The number of carbonyl (C=O) groups excluding carboxylic acids is 1. The molecule has 4 unspecified atom stereocenters. The summed E-state index contributed by atoms with van der Waals surface area (Å²) in [5, 5.41) is 19.6. The lowest BCUT2D eigenvalue weighted by molar-refractivity contribution is -0.160. The molecular formula is C23H38O4. The van der Waals surface area contributed by atoms with Gasteiger partial charge in [-0.3, -0.25) is 0 Å². The molecule has 4 aliphatic carbocycles. The quantitative estimate of drug-likeness (QED) is 0.567. The van der Waals surface area contributed by atoms with Gasteiger partial charge in [-0.15, -0.1) is 0 Å². The van der Waals surface area contributed by atoms with Crippen molar-refractivity contribution < 1.29 is 19.7 Å². The summed E-state index contributed by atoms with van der Waals surface area (Å²) in [6, 6.07) is 0. The molecule has 4 nitrogen and oxygen atoms in total. The highest BCUT2D eigenvalue weighted by Gasteiger charge is 2.61. The second kappa shape index (κ2) is 7.42. The number of fused-ring (bicyclic) bond motifs is 5. The molecule has 0 amide bonds. The van der Waals surface area contributed by atoms with Crippen LogP contribution in [0.1, 0.15) is 71.6 Å². The summed E-state index contributed by atoms with van der Waals surface area (Å²) in [5.41, 5.74) is 0.360. The number of aldehydes is 1. The Morgan fingerprint density at radius 1 is 1.07 bits per heavy atom. The van der Waals surface area contributed by atoms with Gasteiger partial charge in [0.05, 0.1) is 12.2 Å². The molecule has 0 spiro atoms. The number of hydrogen-bond acceptors (Lipinski definition) is 4. The fraction of sp³-hybridized carbons (Fsp3) is 0.957. The summed E-state index contributed by atoms with van der Waals surface area (Å²) in [5.74, 6) is 2.72. The molecule has 4 aliphatic rings. The molecule has 0 radical (unpaired) electrons. The van der Waals surface area contributed by atoms with E-state index >= 15 is 0 Å². The first kappa shape index (κ1) is 19.8. The minimum atomic E-state index is -0.118. The minimum absolute atomic E-state index is 0.00817. The van der Waals surface area contributed by atoms with Crippen LogP contribution in [0.15, 0.2) is 0 Å². The van der Waals surface area contributed by atoms with Crippen molar-refractivity contribution in [1.29, 1.82) is 0 Å². The first-order chi connectivity index (χ1) is 12.9. The van der Waals surface area contributed by atoms with E-state index in [4.69, 9.17) is 9.84 Å². The van der Waals surface area contributed by atoms with E-state index in [0.29, 0.717) is 30.8 Å². The third-order valence-corrected chi connectivity index (χ3v) is 9.49. The summed E-state index contributed by atoms with van der Waals surface area (Å²) >= 11 is 0. The van der Waals surface area contributed by atoms with Crippen LogP contribution < -0.4 is 0 Å². The largest absolute Gasteiger partial charge is 0.396 e. The smallest absolute Gasteiger partial charge is 0.125 e. The summed E-state index contributed by atoms with van der Waals surface area (Å²) in [6.45, 7) is 5.50. The average molecular weight is 379 g/mol. The fourth-order valence-corrected chi connectivity index (χ4v) is 7.93. The van der Waals surface area contributed by atoms with E-state index < -0.39 is 0 Å². The molecule has 4 rings (SSSR count). The van der Waals surface area contributed by atoms with Gasteiger partial charge >= 0.3 is 0 Å². The van der Waals surface area contributed by atoms with Crippen LogP contribution in [0.4, 0.5) is 0 Å². The molecule has 4 fully saturated rings. The maximum absolute atomic E-state index is 11.9. The van der Waals surface area contributed by atoms with Crippen LogP contribution in [0, 0.1) is 40.4 Å². The van der Waals surface area contributed by atoms with Crippen LogP contribution in [0.25, 0.3) is 0 Å². The van der Waals surface area contributed by atoms with E-state index in [9.17, 15) is 9.90 Å². The lowest BCUT2D eigenvalue weighted by Crippen LogP contribution is -2.56. The Bertz CT molecular complexity index is 550. The van der Waals surface area contributed by atoms with Crippen LogP contribution >= 0.6 is 0 Å². The van der Waals surface area contributed by atoms with Crippen LogP contribution in [-0.2, 0) is 9.53 Å². The van der Waals surface area contributed by atoms with Crippen molar-refractivity contribution in [2.45, 2.75) is 83.8 Å². The molecule has 0 aromatic rings. The van der Waals surface area contributed by atoms with Crippen molar-refractivity contribution in [1.82, 2.24) is 0 Å². The van der Waals surface area contributed by atoms with Crippen molar-refractivity contribution in [2.75, 3.05) is 13.2 Å². The molecule has 27 heavy (non-hydrogen) atoms. The van der Waals surface area contributed by atoms with E-state index in [-0.39, 0.29) is 35.6 Å². The molecule has 4 saturated carbocycles. The maximum atomic E-state index is 11.9. The number of aliphatic hydroxyl groups excluding tert-OH is 2. The van der Waals surface area contributed by atoms with Gasteiger partial charge in [0.2, 0.25) is 0 Å².